The molecule has 2 aromatic carbocycles. The largest absolute Gasteiger partial charge is 0.492 e. The minimum atomic E-state index is -0.237. The van der Waals surface area contributed by atoms with Crippen molar-refractivity contribution < 1.29 is 9.13 Å². The summed E-state index contributed by atoms with van der Waals surface area (Å²) in [5.41, 5.74) is 3.92. The number of hydrogen-bond acceptors (Lipinski definition) is 3. The van der Waals surface area contributed by atoms with Crippen molar-refractivity contribution in [2.75, 3.05) is 18.5 Å². The van der Waals surface area contributed by atoms with Gasteiger partial charge in [-0.1, -0.05) is 12.1 Å². The number of halogens is 1. The molecule has 0 atom stereocenters. The maximum atomic E-state index is 13.4. The van der Waals surface area contributed by atoms with E-state index >= 15 is 0 Å². The number of para-hydroxylation sites is 2. The van der Waals surface area contributed by atoms with Crippen LogP contribution in [0.15, 0.2) is 48.5 Å². The highest BCUT2D eigenvalue weighted by molar-refractivity contribution is 5.72. The Morgan fingerprint density at radius 2 is 1.92 bits per heavy atom. The number of nitrogens with one attached hydrogen (secondary N) is 1. The first-order chi connectivity index (χ1) is 12.8. The number of nitrogens with zero attached hydrogens (tertiary/aromatic N) is 2. The predicted molar refractivity (Wildman–Crippen MR) is 102 cm³/mol. The van der Waals surface area contributed by atoms with Crippen LogP contribution in [0.2, 0.25) is 0 Å². The maximum Gasteiger partial charge on any atom is 0.145 e. The number of fused-ring (bicyclic) bond motifs is 1. The van der Waals surface area contributed by atoms with Gasteiger partial charge in [0.25, 0.3) is 0 Å². The minimum Gasteiger partial charge on any atom is -0.492 e. The highest BCUT2D eigenvalue weighted by Crippen LogP contribution is 2.36. The van der Waals surface area contributed by atoms with Crippen molar-refractivity contribution in [3.05, 3.63) is 59.9 Å². The molecule has 0 saturated carbocycles. The van der Waals surface area contributed by atoms with Gasteiger partial charge in [-0.05, 0) is 62.6 Å². The molecule has 2 heterocycles. The van der Waals surface area contributed by atoms with E-state index in [2.05, 4.69) is 5.32 Å². The van der Waals surface area contributed by atoms with Crippen molar-refractivity contribution in [1.29, 1.82) is 0 Å². The number of aromatic nitrogens is 2. The summed E-state index contributed by atoms with van der Waals surface area (Å²) < 4.78 is 21.1. The average molecular weight is 351 g/mol. The van der Waals surface area contributed by atoms with Crippen LogP contribution in [0.3, 0.4) is 0 Å². The first kappa shape index (κ1) is 16.6. The van der Waals surface area contributed by atoms with E-state index in [0.717, 1.165) is 54.3 Å². The highest BCUT2D eigenvalue weighted by Gasteiger charge is 2.23. The van der Waals surface area contributed by atoms with E-state index in [1.165, 1.54) is 17.7 Å². The number of hydrogen-bond donors (Lipinski definition) is 1. The molecule has 0 saturated heterocycles. The van der Waals surface area contributed by atoms with Gasteiger partial charge in [0.15, 0.2) is 0 Å². The van der Waals surface area contributed by atoms with E-state index in [1.54, 1.807) is 12.1 Å². The van der Waals surface area contributed by atoms with Crippen LogP contribution in [-0.4, -0.2) is 22.9 Å². The van der Waals surface area contributed by atoms with E-state index in [4.69, 9.17) is 9.84 Å². The fourth-order valence-electron chi connectivity index (χ4n) is 3.43. The van der Waals surface area contributed by atoms with Crippen LogP contribution in [0, 0.1) is 5.82 Å². The second kappa shape index (κ2) is 7.20. The molecule has 4 rings (SSSR count). The first-order valence-electron chi connectivity index (χ1n) is 9.12. The fraction of sp³-hybridized carbons (Fsp3) is 0.286. The van der Waals surface area contributed by atoms with Crippen molar-refractivity contribution in [2.45, 2.75) is 26.2 Å². The van der Waals surface area contributed by atoms with Crippen molar-refractivity contribution in [3.8, 4) is 22.7 Å². The summed E-state index contributed by atoms with van der Waals surface area (Å²) in [5.74, 6) is 1.57. The van der Waals surface area contributed by atoms with Crippen LogP contribution in [0.4, 0.5) is 10.2 Å². The fourth-order valence-corrected chi connectivity index (χ4v) is 3.43. The Bertz CT molecular complexity index is 902. The molecule has 0 bridgehead atoms. The Labute approximate surface area is 152 Å². The normalized spacial score (nSPS) is 13.6. The minimum absolute atomic E-state index is 0.237. The summed E-state index contributed by atoms with van der Waals surface area (Å²) in [4.78, 5) is 0. The summed E-state index contributed by atoms with van der Waals surface area (Å²) >= 11 is 0. The molecule has 0 amide bonds. The second-order valence-corrected chi connectivity index (χ2v) is 6.38. The number of rotatable bonds is 4. The number of ether oxygens (including phenoxy) is 1. The topological polar surface area (TPSA) is 39.1 Å². The molecule has 0 spiro atoms. The third-order valence-electron chi connectivity index (χ3n) is 4.64. The molecule has 1 aliphatic heterocycles. The molecular weight excluding hydrogens is 329 g/mol. The van der Waals surface area contributed by atoms with Crippen LogP contribution >= 0.6 is 0 Å². The molecule has 134 valence electrons. The molecular formula is C21H22FN3O. The molecule has 0 fully saturated rings. The van der Waals surface area contributed by atoms with Crippen LogP contribution in [0.1, 0.15) is 25.3 Å². The maximum absolute atomic E-state index is 13.4. The van der Waals surface area contributed by atoms with Gasteiger partial charge in [-0.25, -0.2) is 9.07 Å². The van der Waals surface area contributed by atoms with Crippen LogP contribution in [-0.2, 0) is 6.42 Å². The van der Waals surface area contributed by atoms with Gasteiger partial charge in [0, 0.05) is 17.7 Å². The smallest absolute Gasteiger partial charge is 0.145 e. The summed E-state index contributed by atoms with van der Waals surface area (Å²) in [5, 5.41) is 8.43. The Balaban J connectivity index is 1.89. The van der Waals surface area contributed by atoms with Gasteiger partial charge >= 0.3 is 0 Å². The predicted octanol–water partition coefficient (Wildman–Crippen LogP) is 4.83. The van der Waals surface area contributed by atoms with Crippen LogP contribution < -0.4 is 10.1 Å². The lowest BCUT2D eigenvalue weighted by molar-refractivity contribution is 0.338. The first-order valence-corrected chi connectivity index (χ1v) is 9.12. The standard InChI is InChI=1S/C21H22FN3O/c1-2-26-19-9-4-3-8-18(19)25-21-17(7-5-6-14-23-21)20(24-25)15-10-12-16(22)13-11-15/h3-4,8-13,23H,2,5-7,14H2,1H3. The van der Waals surface area contributed by atoms with Gasteiger partial charge in [0.1, 0.15) is 23.1 Å². The van der Waals surface area contributed by atoms with Gasteiger partial charge in [0.05, 0.1) is 12.3 Å². The SMILES string of the molecule is CCOc1ccccc1-n1nc(-c2ccc(F)cc2)c2c1NCCCC2. The number of benzene rings is 2. The summed E-state index contributed by atoms with van der Waals surface area (Å²) in [6.07, 6.45) is 3.17. The monoisotopic (exact) mass is 351 g/mol. The molecule has 1 N–H and O–H groups in total. The molecule has 0 aliphatic carbocycles. The Hall–Kier alpha value is -2.82. The Morgan fingerprint density at radius 3 is 2.73 bits per heavy atom. The van der Waals surface area contributed by atoms with E-state index in [0.29, 0.717) is 6.61 Å². The van der Waals surface area contributed by atoms with Crippen molar-refractivity contribution in [3.63, 3.8) is 0 Å². The van der Waals surface area contributed by atoms with E-state index in [1.807, 2.05) is 35.9 Å². The van der Waals surface area contributed by atoms with E-state index in [-0.39, 0.29) is 5.82 Å². The van der Waals surface area contributed by atoms with E-state index < -0.39 is 0 Å². The average Bonchev–Trinajstić information content (AvgIpc) is 2.85. The Morgan fingerprint density at radius 1 is 1.12 bits per heavy atom. The summed E-state index contributed by atoms with van der Waals surface area (Å²) in [6, 6.07) is 14.5. The lowest BCUT2D eigenvalue weighted by Crippen LogP contribution is -2.08. The molecule has 1 aliphatic rings. The summed E-state index contributed by atoms with van der Waals surface area (Å²) in [6.45, 7) is 3.49. The van der Waals surface area contributed by atoms with Gasteiger partial charge in [-0.3, -0.25) is 0 Å². The Kier molecular flexibility index (Phi) is 4.61. The van der Waals surface area contributed by atoms with Crippen LogP contribution in [0.25, 0.3) is 16.9 Å². The zero-order chi connectivity index (χ0) is 17.9. The molecule has 0 radical (unpaired) electrons. The second-order valence-electron chi connectivity index (χ2n) is 6.38. The molecule has 1 aromatic heterocycles. The molecule has 0 unspecified atom stereocenters. The lowest BCUT2D eigenvalue weighted by atomic mass is 10.0. The molecule has 26 heavy (non-hydrogen) atoms. The van der Waals surface area contributed by atoms with Crippen LogP contribution in [0.5, 0.6) is 5.75 Å². The van der Waals surface area contributed by atoms with E-state index in [9.17, 15) is 4.39 Å². The van der Waals surface area contributed by atoms with Crippen molar-refractivity contribution in [2.24, 2.45) is 0 Å². The van der Waals surface area contributed by atoms with Crippen molar-refractivity contribution >= 4 is 5.82 Å². The third-order valence-corrected chi connectivity index (χ3v) is 4.64. The molecule has 3 aromatic rings. The van der Waals surface area contributed by atoms with Gasteiger partial charge < -0.3 is 10.1 Å². The highest BCUT2D eigenvalue weighted by atomic mass is 19.1. The van der Waals surface area contributed by atoms with Gasteiger partial charge in [0.2, 0.25) is 0 Å². The van der Waals surface area contributed by atoms with Crippen molar-refractivity contribution in [1.82, 2.24) is 9.78 Å². The third kappa shape index (κ3) is 3.05. The molecule has 4 nitrogen and oxygen atoms in total. The lowest BCUT2D eigenvalue weighted by Gasteiger charge is -2.13. The zero-order valence-electron chi connectivity index (χ0n) is 14.8. The molecule has 5 heteroatoms. The van der Waals surface area contributed by atoms with Gasteiger partial charge in [-0.15, -0.1) is 0 Å². The quantitative estimate of drug-likeness (QED) is 0.732. The summed E-state index contributed by atoms with van der Waals surface area (Å²) in [7, 11) is 0. The van der Waals surface area contributed by atoms with Gasteiger partial charge in [-0.2, -0.15) is 5.10 Å². The number of anilines is 1. The zero-order valence-corrected chi connectivity index (χ0v) is 14.8.